The maximum atomic E-state index is 10.1. The van der Waals surface area contributed by atoms with Gasteiger partial charge in [-0.15, -0.1) is 0 Å². The Hall–Kier alpha value is -2.46. The number of hydrogen-bond donors (Lipinski definition) is 3. The average molecular weight is 301 g/mol. The van der Waals surface area contributed by atoms with E-state index in [0.717, 1.165) is 16.7 Å². The fourth-order valence-corrected chi connectivity index (χ4v) is 2.48. The highest BCUT2D eigenvalue weighted by Crippen LogP contribution is 2.31. The van der Waals surface area contributed by atoms with Gasteiger partial charge in [0.1, 0.15) is 5.75 Å². The van der Waals surface area contributed by atoms with E-state index in [9.17, 15) is 5.11 Å². The molecule has 0 saturated heterocycles. The van der Waals surface area contributed by atoms with Gasteiger partial charge >= 0.3 is 0 Å². The minimum atomic E-state index is -0.0342. The lowest BCUT2D eigenvalue weighted by molar-refractivity contribution is 0.415. The molecule has 0 spiro atoms. The van der Waals surface area contributed by atoms with E-state index in [2.05, 4.69) is 4.98 Å². The van der Waals surface area contributed by atoms with E-state index in [0.29, 0.717) is 16.1 Å². The third-order valence-electron chi connectivity index (χ3n) is 3.37. The third kappa shape index (κ3) is 2.34. The van der Waals surface area contributed by atoms with Gasteiger partial charge in [0, 0.05) is 21.5 Å². The molecule has 3 N–H and O–H groups in total. The quantitative estimate of drug-likeness (QED) is 0.641. The van der Waals surface area contributed by atoms with Crippen molar-refractivity contribution in [3.8, 4) is 11.6 Å². The maximum Gasteiger partial charge on any atom is 0.199 e. The van der Waals surface area contributed by atoms with Gasteiger partial charge in [-0.25, -0.2) is 0 Å². The number of fused-ring (bicyclic) bond motifs is 1. The molecule has 0 aliphatic heterocycles. The van der Waals surface area contributed by atoms with Crippen LogP contribution in [0.1, 0.15) is 11.1 Å². The number of benzene rings is 2. The maximum absolute atomic E-state index is 10.1. The van der Waals surface area contributed by atoms with E-state index < -0.39 is 0 Å². The van der Waals surface area contributed by atoms with E-state index in [-0.39, 0.29) is 11.6 Å². The van der Waals surface area contributed by atoms with Crippen LogP contribution in [0.5, 0.6) is 11.6 Å². The molecule has 0 aliphatic rings. The molecular formula is C16H13ClN2O2. The average Bonchev–Trinajstić information content (AvgIpc) is 2.82. The zero-order valence-electron chi connectivity index (χ0n) is 11.3. The molecule has 0 unspecified atom stereocenters. The number of nitrogens with one attached hydrogen (secondary N) is 2. The highest BCUT2D eigenvalue weighted by atomic mass is 35.5. The lowest BCUT2D eigenvalue weighted by Gasteiger charge is -2.05. The zero-order valence-corrected chi connectivity index (χ0v) is 12.0. The van der Waals surface area contributed by atoms with Gasteiger partial charge in [-0.1, -0.05) is 11.6 Å². The van der Waals surface area contributed by atoms with Crippen molar-refractivity contribution >= 4 is 28.2 Å². The molecular weight excluding hydrogens is 288 g/mol. The van der Waals surface area contributed by atoms with Gasteiger partial charge in [-0.05, 0) is 42.5 Å². The Morgan fingerprint density at radius 1 is 1.19 bits per heavy atom. The summed E-state index contributed by atoms with van der Waals surface area (Å²) in [5.74, 6) is 0.686. The Morgan fingerprint density at radius 2 is 1.90 bits per heavy atom. The van der Waals surface area contributed by atoms with E-state index in [1.807, 2.05) is 0 Å². The van der Waals surface area contributed by atoms with Crippen molar-refractivity contribution in [2.45, 2.75) is 0 Å². The number of aromatic amines is 1. The van der Waals surface area contributed by atoms with E-state index >= 15 is 0 Å². The third-order valence-corrected chi connectivity index (χ3v) is 3.60. The predicted octanol–water partition coefficient (Wildman–Crippen LogP) is 3.95. The Balaban J connectivity index is 2.12. The molecule has 0 fully saturated rings. The van der Waals surface area contributed by atoms with Gasteiger partial charge in [0.15, 0.2) is 5.88 Å². The smallest absolute Gasteiger partial charge is 0.199 e. The highest BCUT2D eigenvalue weighted by molar-refractivity contribution is 6.32. The molecule has 106 valence electrons. The van der Waals surface area contributed by atoms with Crippen molar-refractivity contribution in [1.82, 2.24) is 4.98 Å². The first-order valence-electron chi connectivity index (χ1n) is 6.33. The molecule has 4 nitrogen and oxygen atoms in total. The van der Waals surface area contributed by atoms with Crippen molar-refractivity contribution in [2.24, 2.45) is 0 Å². The molecule has 0 bridgehead atoms. The van der Waals surface area contributed by atoms with Crippen molar-refractivity contribution in [2.75, 3.05) is 7.11 Å². The number of hydrogen-bond acceptors (Lipinski definition) is 3. The minimum absolute atomic E-state index is 0.0342. The van der Waals surface area contributed by atoms with Gasteiger partial charge in [0.25, 0.3) is 0 Å². The SMILES string of the molecule is COc1ccc(C(=N)c2c(O)[nH]c3ccc(Cl)cc23)cc1. The summed E-state index contributed by atoms with van der Waals surface area (Å²) in [7, 11) is 1.59. The second kappa shape index (κ2) is 5.14. The summed E-state index contributed by atoms with van der Waals surface area (Å²) in [5, 5.41) is 19.7. The van der Waals surface area contributed by atoms with Crippen LogP contribution in [0.2, 0.25) is 5.02 Å². The normalized spacial score (nSPS) is 10.8. The van der Waals surface area contributed by atoms with E-state index in [1.165, 1.54) is 0 Å². The van der Waals surface area contributed by atoms with Gasteiger partial charge in [0.05, 0.1) is 18.4 Å². The molecule has 3 aromatic rings. The summed E-state index contributed by atoms with van der Waals surface area (Å²) in [4.78, 5) is 2.86. The Morgan fingerprint density at radius 3 is 2.57 bits per heavy atom. The summed E-state index contributed by atoms with van der Waals surface area (Å²) >= 11 is 6.01. The summed E-state index contributed by atoms with van der Waals surface area (Å²) in [6.07, 6.45) is 0. The first-order valence-corrected chi connectivity index (χ1v) is 6.71. The first kappa shape index (κ1) is 13.5. The molecule has 1 aromatic heterocycles. The van der Waals surface area contributed by atoms with Crippen LogP contribution in [-0.2, 0) is 0 Å². The van der Waals surface area contributed by atoms with Crippen molar-refractivity contribution in [1.29, 1.82) is 5.41 Å². The summed E-state index contributed by atoms with van der Waals surface area (Å²) in [6, 6.07) is 12.4. The number of aromatic hydroxyl groups is 1. The molecule has 0 amide bonds. The molecule has 1 heterocycles. The predicted molar refractivity (Wildman–Crippen MR) is 83.9 cm³/mol. The van der Waals surface area contributed by atoms with E-state index in [1.54, 1.807) is 49.6 Å². The van der Waals surface area contributed by atoms with Crippen LogP contribution in [-0.4, -0.2) is 22.9 Å². The van der Waals surface area contributed by atoms with Crippen LogP contribution in [0.15, 0.2) is 42.5 Å². The fraction of sp³-hybridized carbons (Fsp3) is 0.0625. The van der Waals surface area contributed by atoms with Crippen LogP contribution in [0.25, 0.3) is 10.9 Å². The Labute approximate surface area is 126 Å². The van der Waals surface area contributed by atoms with Gasteiger partial charge in [-0.3, -0.25) is 5.41 Å². The van der Waals surface area contributed by atoms with Crippen molar-refractivity contribution in [3.05, 3.63) is 58.6 Å². The lowest BCUT2D eigenvalue weighted by atomic mass is 10.0. The lowest BCUT2D eigenvalue weighted by Crippen LogP contribution is -2.01. The molecule has 2 aromatic carbocycles. The van der Waals surface area contributed by atoms with Crippen LogP contribution in [0.4, 0.5) is 0 Å². The van der Waals surface area contributed by atoms with Gasteiger partial charge in [0.2, 0.25) is 0 Å². The number of H-pyrrole nitrogens is 1. The molecule has 0 saturated carbocycles. The second-order valence-corrected chi connectivity index (χ2v) is 5.08. The molecule has 0 atom stereocenters. The number of methoxy groups -OCH3 is 1. The monoisotopic (exact) mass is 300 g/mol. The molecule has 0 aliphatic carbocycles. The zero-order chi connectivity index (χ0) is 15.0. The fourth-order valence-electron chi connectivity index (χ4n) is 2.31. The number of halogens is 1. The van der Waals surface area contributed by atoms with E-state index in [4.69, 9.17) is 21.7 Å². The van der Waals surface area contributed by atoms with Crippen LogP contribution < -0.4 is 4.74 Å². The largest absolute Gasteiger partial charge is 0.497 e. The minimum Gasteiger partial charge on any atom is -0.497 e. The molecule has 21 heavy (non-hydrogen) atoms. The summed E-state index contributed by atoms with van der Waals surface area (Å²) in [5.41, 5.74) is 2.10. The number of aromatic nitrogens is 1. The van der Waals surface area contributed by atoms with Crippen molar-refractivity contribution < 1.29 is 9.84 Å². The van der Waals surface area contributed by atoms with Crippen molar-refractivity contribution in [3.63, 3.8) is 0 Å². The van der Waals surface area contributed by atoms with Gasteiger partial charge in [-0.2, -0.15) is 0 Å². The molecule has 0 radical (unpaired) electrons. The van der Waals surface area contributed by atoms with Gasteiger partial charge < -0.3 is 14.8 Å². The van der Waals surface area contributed by atoms with Crippen LogP contribution in [0.3, 0.4) is 0 Å². The Kier molecular flexibility index (Phi) is 3.31. The number of ether oxygens (including phenoxy) is 1. The second-order valence-electron chi connectivity index (χ2n) is 4.64. The van der Waals surface area contributed by atoms with Crippen LogP contribution >= 0.6 is 11.6 Å². The number of rotatable bonds is 3. The summed E-state index contributed by atoms with van der Waals surface area (Å²) in [6.45, 7) is 0. The molecule has 5 heteroatoms. The molecule has 3 rings (SSSR count). The van der Waals surface area contributed by atoms with Crippen LogP contribution in [0, 0.1) is 5.41 Å². The summed E-state index contributed by atoms with van der Waals surface area (Å²) < 4.78 is 5.11. The first-order chi connectivity index (χ1) is 10.1. The standard InChI is InChI=1S/C16H13ClN2O2/c1-21-11-5-2-9(3-6-11)15(18)14-12-8-10(17)4-7-13(12)19-16(14)20/h2-8,18-20H,1H3. The topological polar surface area (TPSA) is 69.1 Å². The highest BCUT2D eigenvalue weighted by Gasteiger charge is 2.17. The Bertz CT molecular complexity index is 822.